The van der Waals surface area contributed by atoms with Crippen LogP contribution in [0.5, 0.6) is 0 Å². The Morgan fingerprint density at radius 2 is 2.07 bits per heavy atom. The average molecular weight is 222 g/mol. The molecule has 0 fully saturated rings. The lowest BCUT2D eigenvalue weighted by molar-refractivity contribution is 0.632. The maximum absolute atomic E-state index is 13.2. The number of hydrogen-bond acceptors (Lipinski definition) is 4. The van der Waals surface area contributed by atoms with Gasteiger partial charge in [0.25, 0.3) is 5.56 Å². The molecule has 1 aromatic heterocycles. The molecule has 76 valence electrons. The van der Waals surface area contributed by atoms with Crippen LogP contribution in [0.2, 0.25) is 0 Å². The molecule has 1 aromatic carbocycles. The number of benzene rings is 1. The van der Waals surface area contributed by atoms with Gasteiger partial charge < -0.3 is 5.32 Å². The second-order valence-electron chi connectivity index (χ2n) is 2.78. The number of aromatic nitrogens is 1. The fraction of sp³-hybridized carbons (Fsp3) is 0. The third-order valence-corrected chi connectivity index (χ3v) is 2.41. The van der Waals surface area contributed by atoms with Gasteiger partial charge in [0.2, 0.25) is 0 Å². The van der Waals surface area contributed by atoms with E-state index >= 15 is 0 Å². The van der Waals surface area contributed by atoms with Gasteiger partial charge in [0.1, 0.15) is 5.82 Å². The Morgan fingerprint density at radius 3 is 2.80 bits per heavy atom. The van der Waals surface area contributed by atoms with Crippen molar-refractivity contribution in [3.63, 3.8) is 0 Å². The smallest absolute Gasteiger partial charge is 0.273 e. The fourth-order valence-electron chi connectivity index (χ4n) is 1.06. The molecule has 0 saturated heterocycles. The van der Waals surface area contributed by atoms with Crippen molar-refractivity contribution >= 4 is 22.2 Å². The van der Waals surface area contributed by atoms with E-state index in [1.54, 1.807) is 23.6 Å². The lowest BCUT2D eigenvalue weighted by Gasteiger charge is -2.03. The van der Waals surface area contributed by atoms with E-state index in [1.165, 1.54) is 23.5 Å². The largest absolute Gasteiger partial charge is 0.329 e. The first-order valence-corrected chi connectivity index (χ1v) is 5.11. The highest BCUT2D eigenvalue weighted by molar-refractivity contribution is 7.13. The van der Waals surface area contributed by atoms with Crippen molar-refractivity contribution in [3.8, 4) is 0 Å². The summed E-state index contributed by atoms with van der Waals surface area (Å²) in [5.74, 6) is -0.372. The van der Waals surface area contributed by atoms with Gasteiger partial charge in [-0.1, -0.05) is 12.1 Å². The van der Waals surface area contributed by atoms with Crippen LogP contribution in [-0.2, 0) is 0 Å². The van der Waals surface area contributed by atoms with E-state index in [4.69, 9.17) is 0 Å². The Kier molecular flexibility index (Phi) is 2.73. The minimum Gasteiger partial charge on any atom is -0.329 e. The third-order valence-electron chi connectivity index (χ3n) is 1.72. The summed E-state index contributed by atoms with van der Waals surface area (Å²) in [6.07, 6.45) is 0. The summed E-state index contributed by atoms with van der Waals surface area (Å²) in [6, 6.07) is 7.59. The summed E-state index contributed by atoms with van der Waals surface area (Å²) < 4.78 is 13.2. The molecule has 0 saturated carbocycles. The van der Waals surface area contributed by atoms with Crippen LogP contribution in [0, 0.1) is 5.82 Å². The average Bonchev–Trinajstić information content (AvgIpc) is 2.22. The lowest BCUT2D eigenvalue weighted by Crippen LogP contribution is -2.05. The number of nitrogens with one attached hydrogen (secondary N) is 1. The summed E-state index contributed by atoms with van der Waals surface area (Å²) in [7, 11) is 0. The second-order valence-corrected chi connectivity index (χ2v) is 3.68. The summed E-state index contributed by atoms with van der Waals surface area (Å²) in [4.78, 5) is 14.6. The van der Waals surface area contributed by atoms with Crippen LogP contribution in [0.3, 0.4) is 0 Å². The Bertz CT molecular complexity index is 527. The van der Waals surface area contributed by atoms with Crippen molar-refractivity contribution in [1.82, 2.24) is 4.98 Å². The molecule has 0 aliphatic heterocycles. The maximum atomic E-state index is 13.2. The molecule has 0 unspecified atom stereocenters. The van der Waals surface area contributed by atoms with Crippen molar-refractivity contribution in [2.75, 3.05) is 5.32 Å². The van der Waals surface area contributed by atoms with Crippen LogP contribution in [0.25, 0.3) is 0 Å². The van der Waals surface area contributed by atoms with Crippen LogP contribution in [0.15, 0.2) is 40.5 Å². The Labute approximate surface area is 89.2 Å². The second kappa shape index (κ2) is 4.18. The molecule has 15 heavy (non-hydrogen) atoms. The highest BCUT2D eigenvalue weighted by Crippen LogP contribution is 2.19. The number of rotatable bonds is 2. The summed E-state index contributed by atoms with van der Waals surface area (Å²) in [5.41, 5.74) is -0.0283. The standard InChI is InChI=1S/C10H7FN2OS/c11-7-3-1-2-4-8(7)12-10-13-9(14)5-6-15-10/h1-6H,(H,12,13,14). The molecule has 2 aromatic rings. The molecule has 3 nitrogen and oxygen atoms in total. The molecule has 0 bridgehead atoms. The molecule has 5 heteroatoms. The monoisotopic (exact) mass is 222 g/mol. The van der Waals surface area contributed by atoms with Gasteiger partial charge in [-0.3, -0.25) is 4.79 Å². The SMILES string of the molecule is O=c1ccsc(Nc2ccccc2F)n1. The normalized spacial score (nSPS) is 9.93. The Balaban J connectivity index is 2.30. The van der Waals surface area contributed by atoms with Gasteiger partial charge in [-0.25, -0.2) is 4.39 Å². The van der Waals surface area contributed by atoms with Gasteiger partial charge in [0.05, 0.1) is 5.69 Å². The van der Waals surface area contributed by atoms with Gasteiger partial charge in [0, 0.05) is 6.07 Å². The summed E-state index contributed by atoms with van der Waals surface area (Å²) >= 11 is 1.24. The van der Waals surface area contributed by atoms with Crippen molar-refractivity contribution in [2.24, 2.45) is 0 Å². The molecule has 0 aliphatic carbocycles. The van der Waals surface area contributed by atoms with Gasteiger partial charge in [-0.15, -0.1) is 11.3 Å². The summed E-state index contributed by atoms with van der Waals surface area (Å²) in [6.45, 7) is 0. The molecule has 0 amide bonds. The fourth-order valence-corrected chi connectivity index (χ4v) is 1.68. The number of anilines is 2. The van der Waals surface area contributed by atoms with E-state index in [1.807, 2.05) is 0 Å². The zero-order valence-electron chi connectivity index (χ0n) is 7.61. The van der Waals surface area contributed by atoms with E-state index < -0.39 is 0 Å². The van der Waals surface area contributed by atoms with Gasteiger partial charge >= 0.3 is 0 Å². The zero-order chi connectivity index (χ0) is 10.7. The van der Waals surface area contributed by atoms with E-state index in [9.17, 15) is 9.18 Å². The molecule has 0 atom stereocenters. The molecule has 1 heterocycles. The van der Waals surface area contributed by atoms with E-state index in [0.29, 0.717) is 10.8 Å². The predicted molar refractivity (Wildman–Crippen MR) is 58.1 cm³/mol. The molecule has 2 rings (SSSR count). The molecule has 1 N–H and O–H groups in total. The number of hydrogen-bond donors (Lipinski definition) is 1. The zero-order valence-corrected chi connectivity index (χ0v) is 8.42. The maximum Gasteiger partial charge on any atom is 0.273 e. The molecular formula is C10H7FN2OS. The first kappa shape index (κ1) is 9.79. The lowest BCUT2D eigenvalue weighted by atomic mass is 10.3. The van der Waals surface area contributed by atoms with Crippen LogP contribution >= 0.6 is 11.3 Å². The predicted octanol–water partition coefficient (Wildman–Crippen LogP) is 2.39. The van der Waals surface area contributed by atoms with Crippen molar-refractivity contribution in [1.29, 1.82) is 0 Å². The quantitative estimate of drug-likeness (QED) is 0.848. The third kappa shape index (κ3) is 2.38. The van der Waals surface area contributed by atoms with Crippen LogP contribution < -0.4 is 10.9 Å². The van der Waals surface area contributed by atoms with E-state index in [0.717, 1.165) is 0 Å². The summed E-state index contributed by atoms with van der Waals surface area (Å²) in [5, 5.41) is 4.74. The highest BCUT2D eigenvalue weighted by Gasteiger charge is 2.01. The van der Waals surface area contributed by atoms with Gasteiger partial charge in [0.15, 0.2) is 5.13 Å². The molecule has 0 radical (unpaired) electrons. The number of nitrogens with zero attached hydrogens (tertiary/aromatic N) is 1. The van der Waals surface area contributed by atoms with Crippen molar-refractivity contribution in [2.45, 2.75) is 0 Å². The van der Waals surface area contributed by atoms with Crippen LogP contribution in [0.1, 0.15) is 0 Å². The first-order valence-electron chi connectivity index (χ1n) is 4.23. The van der Waals surface area contributed by atoms with Gasteiger partial charge in [-0.05, 0) is 17.5 Å². The van der Waals surface area contributed by atoms with Crippen molar-refractivity contribution in [3.05, 3.63) is 51.9 Å². The number of halogens is 1. The van der Waals surface area contributed by atoms with E-state index in [-0.39, 0.29) is 11.4 Å². The molecule has 0 spiro atoms. The minimum atomic E-state index is -0.372. The number of para-hydroxylation sites is 1. The van der Waals surface area contributed by atoms with Crippen LogP contribution in [-0.4, -0.2) is 4.98 Å². The Morgan fingerprint density at radius 1 is 1.27 bits per heavy atom. The van der Waals surface area contributed by atoms with E-state index in [2.05, 4.69) is 10.3 Å². The Hall–Kier alpha value is -1.75. The topological polar surface area (TPSA) is 42.0 Å². The van der Waals surface area contributed by atoms with Crippen LogP contribution in [0.4, 0.5) is 15.2 Å². The highest BCUT2D eigenvalue weighted by atomic mass is 32.1. The van der Waals surface area contributed by atoms with Gasteiger partial charge in [-0.2, -0.15) is 4.98 Å². The minimum absolute atomic E-state index is 0.312. The molecule has 0 aliphatic rings. The van der Waals surface area contributed by atoms with Crippen molar-refractivity contribution < 1.29 is 4.39 Å². The molecular weight excluding hydrogens is 215 g/mol. The first-order chi connectivity index (χ1) is 7.25.